The molecule has 2 heterocycles. The van der Waals surface area contributed by atoms with Crippen molar-refractivity contribution in [2.75, 3.05) is 13.2 Å². The minimum Gasteiger partial charge on any atom is -0.464 e. The van der Waals surface area contributed by atoms with Gasteiger partial charge in [0.05, 0.1) is 12.8 Å². The van der Waals surface area contributed by atoms with E-state index in [4.69, 9.17) is 4.74 Å². The van der Waals surface area contributed by atoms with E-state index < -0.39 is 35.4 Å². The summed E-state index contributed by atoms with van der Waals surface area (Å²) in [6, 6.07) is -2.42. The van der Waals surface area contributed by atoms with Crippen molar-refractivity contribution in [1.82, 2.24) is 25.5 Å². The van der Waals surface area contributed by atoms with Gasteiger partial charge in [-0.2, -0.15) is 0 Å². The van der Waals surface area contributed by atoms with Gasteiger partial charge in [0, 0.05) is 18.9 Å². The topological polar surface area (TPSA) is 131 Å². The number of nitrogens with one attached hydrogen (secondary N) is 2. The van der Waals surface area contributed by atoms with Crippen LogP contribution in [-0.4, -0.2) is 69.8 Å². The van der Waals surface area contributed by atoms with E-state index in [1.54, 1.807) is 11.8 Å². The number of esters is 1. The van der Waals surface area contributed by atoms with Crippen molar-refractivity contribution in [3.05, 3.63) is 24.3 Å². The number of fused-ring (bicyclic) bond motifs is 1. The van der Waals surface area contributed by atoms with Gasteiger partial charge in [-0.3, -0.25) is 19.4 Å². The Kier molecular flexibility index (Phi) is 7.89. The Bertz CT molecular complexity index is 916. The van der Waals surface area contributed by atoms with E-state index >= 15 is 0 Å². The van der Waals surface area contributed by atoms with Gasteiger partial charge >= 0.3 is 5.97 Å². The van der Waals surface area contributed by atoms with Crippen molar-refractivity contribution in [3.8, 4) is 0 Å². The fraction of sp³-hybridized carbons (Fsp3) is 0.667. The van der Waals surface area contributed by atoms with E-state index in [2.05, 4.69) is 20.6 Å². The van der Waals surface area contributed by atoms with Gasteiger partial charge in [-0.1, -0.05) is 27.2 Å². The summed E-state index contributed by atoms with van der Waals surface area (Å²) in [6.07, 6.45) is 7.04. The maximum atomic E-state index is 13.7. The molecule has 0 spiro atoms. The third kappa shape index (κ3) is 5.53. The Morgan fingerprint density at radius 2 is 1.91 bits per heavy atom. The summed E-state index contributed by atoms with van der Waals surface area (Å²) in [5.41, 5.74) is -0.537. The van der Waals surface area contributed by atoms with E-state index in [-0.39, 0.29) is 36.0 Å². The van der Waals surface area contributed by atoms with E-state index in [1.807, 2.05) is 20.8 Å². The number of hydrogen-bond donors (Lipinski definition) is 2. The van der Waals surface area contributed by atoms with E-state index in [0.29, 0.717) is 6.54 Å². The molecule has 2 aliphatic rings. The first-order chi connectivity index (χ1) is 16.0. The molecule has 1 saturated carbocycles. The summed E-state index contributed by atoms with van der Waals surface area (Å²) >= 11 is 0. The maximum Gasteiger partial charge on any atom is 0.329 e. The van der Waals surface area contributed by atoms with Gasteiger partial charge in [0.15, 0.2) is 0 Å². The van der Waals surface area contributed by atoms with Gasteiger partial charge in [0.25, 0.3) is 5.91 Å². The third-order valence-corrected chi connectivity index (χ3v) is 6.64. The molecule has 0 bridgehead atoms. The second-order valence-corrected chi connectivity index (χ2v) is 10.1. The number of carbonyl (C=O) groups is 4. The summed E-state index contributed by atoms with van der Waals surface area (Å²) in [5.74, 6) is -1.37. The SMILES string of the molecule is CCOC(=O)C1[C@H]2CCC[C@H]2CN1C(=O)C(NC(=O)[C@H](C)NC(=O)c1cnccn1)C(C)(C)C. The number of nitrogens with zero attached hydrogens (tertiary/aromatic N) is 3. The number of hydrogen-bond acceptors (Lipinski definition) is 7. The molecule has 10 heteroatoms. The lowest BCUT2D eigenvalue weighted by atomic mass is 9.85. The molecule has 0 radical (unpaired) electrons. The molecule has 34 heavy (non-hydrogen) atoms. The number of carbonyl (C=O) groups excluding carboxylic acids is 4. The van der Waals surface area contributed by atoms with Crippen molar-refractivity contribution in [3.63, 3.8) is 0 Å². The van der Waals surface area contributed by atoms with Gasteiger partial charge in [-0.05, 0) is 43.9 Å². The standard InChI is InChI=1S/C24H35N5O5/c1-6-34-23(33)18-16-9-7-8-15(16)13-29(18)22(32)19(24(3,4)5)28-20(30)14(2)27-21(31)17-12-25-10-11-26-17/h10-12,14-16,18-19H,6-9,13H2,1-5H3,(H,27,31)(H,28,30)/t14-,15-,16-,18?,19?/m0/s1. The van der Waals surface area contributed by atoms with Gasteiger partial charge in [-0.25, -0.2) is 9.78 Å². The monoisotopic (exact) mass is 473 g/mol. The first-order valence-corrected chi connectivity index (χ1v) is 11.9. The van der Waals surface area contributed by atoms with Crippen molar-refractivity contribution in [2.45, 2.75) is 72.0 Å². The van der Waals surface area contributed by atoms with E-state index in [1.165, 1.54) is 25.5 Å². The second-order valence-electron chi connectivity index (χ2n) is 10.1. The van der Waals surface area contributed by atoms with Gasteiger partial charge in [0.2, 0.25) is 11.8 Å². The van der Waals surface area contributed by atoms with Crippen molar-refractivity contribution in [1.29, 1.82) is 0 Å². The minimum absolute atomic E-state index is 0.0875. The first-order valence-electron chi connectivity index (χ1n) is 11.9. The van der Waals surface area contributed by atoms with Crippen LogP contribution in [-0.2, 0) is 19.1 Å². The zero-order valence-corrected chi connectivity index (χ0v) is 20.5. The second kappa shape index (κ2) is 10.5. The summed E-state index contributed by atoms with van der Waals surface area (Å²) in [6.45, 7) is 9.58. The Balaban J connectivity index is 1.74. The van der Waals surface area contributed by atoms with Crippen LogP contribution in [0, 0.1) is 17.3 Å². The zero-order chi connectivity index (χ0) is 25.0. The Labute approximate surface area is 200 Å². The quantitative estimate of drug-likeness (QED) is 0.571. The molecule has 2 N–H and O–H groups in total. The third-order valence-electron chi connectivity index (χ3n) is 6.64. The van der Waals surface area contributed by atoms with Crippen molar-refractivity contribution < 1.29 is 23.9 Å². The molecule has 5 atom stereocenters. The largest absolute Gasteiger partial charge is 0.464 e. The lowest BCUT2D eigenvalue weighted by Gasteiger charge is -2.36. The fourth-order valence-corrected chi connectivity index (χ4v) is 4.90. The molecule has 1 saturated heterocycles. The van der Waals surface area contributed by atoms with Crippen LogP contribution in [0.3, 0.4) is 0 Å². The van der Waals surface area contributed by atoms with Gasteiger partial charge in [-0.15, -0.1) is 0 Å². The van der Waals surface area contributed by atoms with Crippen molar-refractivity contribution >= 4 is 23.7 Å². The number of rotatable bonds is 7. The minimum atomic E-state index is -0.911. The smallest absolute Gasteiger partial charge is 0.329 e. The average Bonchev–Trinajstić information content (AvgIpc) is 3.38. The highest BCUT2D eigenvalue weighted by molar-refractivity contribution is 5.97. The molecule has 2 unspecified atom stereocenters. The van der Waals surface area contributed by atoms with Crippen LogP contribution in [0.1, 0.15) is 64.4 Å². The van der Waals surface area contributed by atoms with Crippen molar-refractivity contribution in [2.24, 2.45) is 17.3 Å². The lowest BCUT2D eigenvalue weighted by molar-refractivity contribution is -0.156. The van der Waals surface area contributed by atoms with Crippen LogP contribution >= 0.6 is 0 Å². The predicted molar refractivity (Wildman–Crippen MR) is 123 cm³/mol. The summed E-state index contributed by atoms with van der Waals surface area (Å²) in [4.78, 5) is 61.3. The molecule has 1 aliphatic carbocycles. The average molecular weight is 474 g/mol. The first kappa shape index (κ1) is 25.6. The highest BCUT2D eigenvalue weighted by atomic mass is 16.5. The molecule has 2 fully saturated rings. The van der Waals surface area contributed by atoms with E-state index in [0.717, 1.165) is 19.3 Å². The summed E-state index contributed by atoms with van der Waals surface area (Å²) < 4.78 is 5.31. The molecule has 186 valence electrons. The Morgan fingerprint density at radius 1 is 1.18 bits per heavy atom. The molecule has 10 nitrogen and oxygen atoms in total. The molecular formula is C24H35N5O5. The number of amides is 3. The fourth-order valence-electron chi connectivity index (χ4n) is 4.90. The van der Waals surface area contributed by atoms with Crippen LogP contribution < -0.4 is 10.6 Å². The normalized spacial score (nSPS) is 23.6. The summed E-state index contributed by atoms with van der Waals surface area (Å²) in [7, 11) is 0. The molecule has 3 amide bonds. The lowest BCUT2D eigenvalue weighted by Crippen LogP contribution is -2.59. The highest BCUT2D eigenvalue weighted by Crippen LogP contribution is 2.43. The molecule has 3 rings (SSSR count). The van der Waals surface area contributed by atoms with Gasteiger partial charge < -0.3 is 20.3 Å². The van der Waals surface area contributed by atoms with Crippen LogP contribution in [0.2, 0.25) is 0 Å². The number of aromatic nitrogens is 2. The van der Waals surface area contributed by atoms with Crippen LogP contribution in [0.15, 0.2) is 18.6 Å². The molecule has 0 aromatic carbocycles. The Hall–Kier alpha value is -3.04. The molecule has 1 aromatic heterocycles. The zero-order valence-electron chi connectivity index (χ0n) is 20.5. The van der Waals surface area contributed by atoms with Crippen LogP contribution in [0.25, 0.3) is 0 Å². The molecular weight excluding hydrogens is 438 g/mol. The molecule has 1 aliphatic heterocycles. The number of ether oxygens (including phenoxy) is 1. The highest BCUT2D eigenvalue weighted by Gasteiger charge is 2.52. The van der Waals surface area contributed by atoms with Gasteiger partial charge in [0.1, 0.15) is 23.8 Å². The van der Waals surface area contributed by atoms with E-state index in [9.17, 15) is 19.2 Å². The number of likely N-dealkylation sites (tertiary alicyclic amines) is 1. The van der Waals surface area contributed by atoms with Crippen LogP contribution in [0.5, 0.6) is 0 Å². The molecule has 1 aromatic rings. The summed E-state index contributed by atoms with van der Waals surface area (Å²) in [5, 5.41) is 5.40. The Morgan fingerprint density at radius 3 is 2.53 bits per heavy atom. The maximum absolute atomic E-state index is 13.7. The predicted octanol–water partition coefficient (Wildman–Crippen LogP) is 1.32. The van der Waals surface area contributed by atoms with Crippen LogP contribution in [0.4, 0.5) is 0 Å².